The Morgan fingerprint density at radius 1 is 1.31 bits per heavy atom. The molecule has 3 aromatic rings. The minimum Gasteiger partial charge on any atom is -0.320 e. The standard InChI is InChI=1S/C17H12Cl2N4O3S3/c1-9-2-5-13(14(6-9)23(25)26)20-15(24)8-28-16-21-22(17(27)29-16)10-3-4-11(18)12(19)7-10/h2-7H,8H2,1H3,(H,20,24). The molecule has 0 spiro atoms. The molecule has 2 aromatic carbocycles. The zero-order chi connectivity index (χ0) is 21.1. The van der Waals surface area contributed by atoms with Crippen molar-refractivity contribution in [2.24, 2.45) is 0 Å². The van der Waals surface area contributed by atoms with Gasteiger partial charge in [0, 0.05) is 6.07 Å². The van der Waals surface area contributed by atoms with Crippen molar-refractivity contribution in [1.29, 1.82) is 0 Å². The molecule has 1 N–H and O–H groups in total. The fourth-order valence-corrected chi connectivity index (χ4v) is 4.76. The normalized spacial score (nSPS) is 10.7. The van der Waals surface area contributed by atoms with Crippen molar-refractivity contribution in [3.63, 3.8) is 0 Å². The highest BCUT2D eigenvalue weighted by atomic mass is 35.5. The summed E-state index contributed by atoms with van der Waals surface area (Å²) in [6.07, 6.45) is 0. The van der Waals surface area contributed by atoms with Crippen LogP contribution in [0.4, 0.5) is 11.4 Å². The van der Waals surface area contributed by atoms with Crippen molar-refractivity contribution in [1.82, 2.24) is 9.78 Å². The smallest absolute Gasteiger partial charge is 0.293 e. The molecule has 12 heteroatoms. The van der Waals surface area contributed by atoms with E-state index in [9.17, 15) is 14.9 Å². The fraction of sp³-hybridized carbons (Fsp3) is 0.118. The molecule has 0 aliphatic rings. The van der Waals surface area contributed by atoms with Gasteiger partial charge in [0.25, 0.3) is 5.69 Å². The van der Waals surface area contributed by atoms with Crippen LogP contribution in [-0.4, -0.2) is 26.4 Å². The Labute approximate surface area is 188 Å². The number of aryl methyl sites for hydroxylation is 1. The molecule has 150 valence electrons. The molecule has 0 bridgehead atoms. The van der Waals surface area contributed by atoms with Crippen LogP contribution >= 0.6 is 58.5 Å². The predicted octanol–water partition coefficient (Wildman–Crippen LogP) is 5.92. The number of thioether (sulfide) groups is 1. The lowest BCUT2D eigenvalue weighted by Crippen LogP contribution is -2.15. The Morgan fingerprint density at radius 2 is 2.07 bits per heavy atom. The van der Waals surface area contributed by atoms with Gasteiger partial charge in [-0.25, -0.2) is 4.68 Å². The first-order chi connectivity index (χ1) is 13.7. The van der Waals surface area contributed by atoms with Crippen LogP contribution < -0.4 is 5.32 Å². The first kappa shape index (κ1) is 21.7. The van der Waals surface area contributed by atoms with E-state index in [1.807, 2.05) is 0 Å². The summed E-state index contributed by atoms with van der Waals surface area (Å²) in [5, 5.41) is 18.9. The summed E-state index contributed by atoms with van der Waals surface area (Å²) >= 11 is 19.7. The summed E-state index contributed by atoms with van der Waals surface area (Å²) in [6.45, 7) is 1.74. The Kier molecular flexibility index (Phi) is 6.91. The van der Waals surface area contributed by atoms with Gasteiger partial charge in [0.2, 0.25) is 5.91 Å². The number of nitro groups is 1. The zero-order valence-corrected chi connectivity index (χ0v) is 18.7. The SMILES string of the molecule is Cc1ccc(NC(=O)CSc2nn(-c3ccc(Cl)c(Cl)c3)c(=S)s2)c([N+](=O)[O-])c1. The number of benzene rings is 2. The van der Waals surface area contributed by atoms with E-state index < -0.39 is 4.92 Å². The summed E-state index contributed by atoms with van der Waals surface area (Å²) in [4.78, 5) is 22.9. The summed E-state index contributed by atoms with van der Waals surface area (Å²) in [7, 11) is 0. The maximum absolute atomic E-state index is 12.2. The van der Waals surface area contributed by atoms with E-state index in [1.165, 1.54) is 39.9 Å². The summed E-state index contributed by atoms with van der Waals surface area (Å²) in [6, 6.07) is 9.65. The number of anilines is 1. The fourth-order valence-electron chi connectivity index (χ4n) is 2.31. The Hall–Kier alpha value is -1.98. The van der Waals surface area contributed by atoms with Crippen molar-refractivity contribution < 1.29 is 9.72 Å². The third-order valence-electron chi connectivity index (χ3n) is 3.63. The van der Waals surface area contributed by atoms with Gasteiger partial charge in [0.05, 0.1) is 26.4 Å². The van der Waals surface area contributed by atoms with Crippen LogP contribution in [0.1, 0.15) is 5.56 Å². The van der Waals surface area contributed by atoms with E-state index in [4.69, 9.17) is 35.4 Å². The van der Waals surface area contributed by atoms with Gasteiger partial charge in [-0.3, -0.25) is 14.9 Å². The second-order valence-electron chi connectivity index (χ2n) is 5.76. The van der Waals surface area contributed by atoms with Crippen molar-refractivity contribution in [3.05, 3.63) is 66.1 Å². The molecule has 0 atom stereocenters. The van der Waals surface area contributed by atoms with E-state index in [2.05, 4.69) is 10.4 Å². The molecule has 1 aromatic heterocycles. The summed E-state index contributed by atoms with van der Waals surface area (Å²) < 4.78 is 2.60. The van der Waals surface area contributed by atoms with Crippen LogP contribution in [0.5, 0.6) is 0 Å². The van der Waals surface area contributed by atoms with E-state index in [0.29, 0.717) is 24.0 Å². The Balaban J connectivity index is 1.69. The average molecular weight is 487 g/mol. The van der Waals surface area contributed by atoms with E-state index >= 15 is 0 Å². The first-order valence-electron chi connectivity index (χ1n) is 7.98. The van der Waals surface area contributed by atoms with Gasteiger partial charge in [0.1, 0.15) is 5.69 Å². The number of aromatic nitrogens is 2. The van der Waals surface area contributed by atoms with Gasteiger partial charge < -0.3 is 5.32 Å². The number of halogens is 2. The van der Waals surface area contributed by atoms with Gasteiger partial charge in [-0.2, -0.15) is 0 Å². The van der Waals surface area contributed by atoms with Crippen LogP contribution in [-0.2, 0) is 4.79 Å². The van der Waals surface area contributed by atoms with Gasteiger partial charge in [0.15, 0.2) is 8.29 Å². The maximum Gasteiger partial charge on any atom is 0.293 e. The maximum atomic E-state index is 12.2. The molecule has 29 heavy (non-hydrogen) atoms. The number of nitrogens with one attached hydrogen (secondary N) is 1. The minimum atomic E-state index is -0.528. The second-order valence-corrected chi connectivity index (χ2v) is 9.42. The molecular weight excluding hydrogens is 475 g/mol. The number of carbonyl (C=O) groups is 1. The molecule has 0 aliphatic carbocycles. The minimum absolute atomic E-state index is 0.0225. The number of rotatable bonds is 6. The van der Waals surface area contributed by atoms with E-state index in [1.54, 1.807) is 31.2 Å². The topological polar surface area (TPSA) is 90.1 Å². The summed E-state index contributed by atoms with van der Waals surface area (Å²) in [5.74, 6) is -0.363. The van der Waals surface area contributed by atoms with Gasteiger partial charge in [-0.15, -0.1) is 5.10 Å². The third kappa shape index (κ3) is 5.34. The lowest BCUT2D eigenvalue weighted by atomic mass is 10.2. The number of hydrogen-bond acceptors (Lipinski definition) is 7. The molecule has 1 heterocycles. The quantitative estimate of drug-likeness (QED) is 0.201. The van der Waals surface area contributed by atoms with Crippen LogP contribution in [0.2, 0.25) is 10.0 Å². The molecule has 0 saturated carbocycles. The van der Waals surface area contributed by atoms with Gasteiger partial charge in [-0.1, -0.05) is 52.4 Å². The highest BCUT2D eigenvalue weighted by molar-refractivity contribution is 8.01. The molecule has 7 nitrogen and oxygen atoms in total. The molecule has 0 fully saturated rings. The van der Waals surface area contributed by atoms with Crippen molar-refractivity contribution in [2.45, 2.75) is 11.3 Å². The van der Waals surface area contributed by atoms with Crippen LogP contribution in [0, 0.1) is 21.0 Å². The largest absolute Gasteiger partial charge is 0.320 e. The van der Waals surface area contributed by atoms with Gasteiger partial charge in [-0.05, 0) is 49.0 Å². The van der Waals surface area contributed by atoms with E-state index in [0.717, 1.165) is 5.56 Å². The highest BCUT2D eigenvalue weighted by Gasteiger charge is 2.17. The first-order valence-corrected chi connectivity index (χ1v) is 10.9. The molecule has 0 radical (unpaired) electrons. The number of amides is 1. The average Bonchev–Trinajstić information content (AvgIpc) is 3.04. The van der Waals surface area contributed by atoms with Crippen molar-refractivity contribution in [3.8, 4) is 5.69 Å². The van der Waals surface area contributed by atoms with Crippen LogP contribution in [0.15, 0.2) is 40.7 Å². The predicted molar refractivity (Wildman–Crippen MR) is 119 cm³/mol. The zero-order valence-electron chi connectivity index (χ0n) is 14.7. The second kappa shape index (κ2) is 9.23. The van der Waals surface area contributed by atoms with Crippen molar-refractivity contribution >= 4 is 75.8 Å². The Bertz CT molecular complexity index is 1160. The number of hydrogen-bond donors (Lipinski definition) is 1. The molecular formula is C17H12Cl2N4O3S3. The van der Waals surface area contributed by atoms with Crippen LogP contribution in [0.25, 0.3) is 5.69 Å². The molecule has 0 unspecified atom stereocenters. The molecule has 0 aliphatic heterocycles. The lowest BCUT2D eigenvalue weighted by Gasteiger charge is -2.06. The van der Waals surface area contributed by atoms with Crippen LogP contribution in [0.3, 0.4) is 0 Å². The van der Waals surface area contributed by atoms with E-state index in [-0.39, 0.29) is 23.0 Å². The third-order valence-corrected chi connectivity index (χ3v) is 6.73. The monoisotopic (exact) mass is 486 g/mol. The highest BCUT2D eigenvalue weighted by Crippen LogP contribution is 2.29. The number of carbonyl (C=O) groups excluding carboxylic acids is 1. The molecule has 0 saturated heterocycles. The summed E-state index contributed by atoms with van der Waals surface area (Å²) in [5.41, 5.74) is 1.40. The Morgan fingerprint density at radius 3 is 2.76 bits per heavy atom. The number of nitro benzene ring substituents is 1. The molecule has 3 rings (SSSR count). The lowest BCUT2D eigenvalue weighted by molar-refractivity contribution is -0.384. The number of nitrogens with zero attached hydrogens (tertiary/aromatic N) is 3. The van der Waals surface area contributed by atoms with Gasteiger partial charge >= 0.3 is 0 Å². The van der Waals surface area contributed by atoms with Crippen molar-refractivity contribution in [2.75, 3.05) is 11.1 Å². The molecule has 1 amide bonds.